The van der Waals surface area contributed by atoms with Gasteiger partial charge in [-0.25, -0.2) is 17.2 Å². The number of hydrogen-bond acceptors (Lipinski definition) is 3. The molecule has 2 aromatic rings. The van der Waals surface area contributed by atoms with E-state index in [0.717, 1.165) is 21.3 Å². The molecule has 0 fully saturated rings. The monoisotopic (exact) mass is 351 g/mol. The Morgan fingerprint density at radius 1 is 1.33 bits per heavy atom. The predicted octanol–water partition coefficient (Wildman–Crippen LogP) is 3.59. The fourth-order valence-corrected chi connectivity index (χ4v) is 4.02. The van der Waals surface area contributed by atoms with Crippen LogP contribution in [0.15, 0.2) is 34.5 Å². The average Bonchev–Trinajstić information content (AvgIpc) is 2.94. The van der Waals surface area contributed by atoms with E-state index in [1.165, 1.54) is 18.4 Å². The minimum absolute atomic E-state index is 0.0894. The van der Waals surface area contributed by atoms with Crippen molar-refractivity contribution in [2.45, 2.75) is 17.3 Å². The molecule has 0 unspecified atom stereocenters. The molecule has 1 aromatic heterocycles. The lowest BCUT2D eigenvalue weighted by Gasteiger charge is -2.17. The molecule has 2 rings (SSSR count). The lowest BCUT2D eigenvalue weighted by Crippen LogP contribution is -2.27. The van der Waals surface area contributed by atoms with Crippen LogP contribution in [0.1, 0.15) is 10.4 Å². The summed E-state index contributed by atoms with van der Waals surface area (Å²) in [5.41, 5.74) is 0.207. The zero-order chi connectivity index (χ0) is 15.6. The summed E-state index contributed by atoms with van der Waals surface area (Å²) in [7, 11) is -2.82. The molecule has 0 saturated heterocycles. The standard InChI is InChI=1S/C13H12ClF2NO2S2/c1-17(8-10-3-2-4-20-10)21(18,19)12-6-9(7-14)5-11(15)13(12)16/h2-6H,7-8H2,1H3. The summed E-state index contributed by atoms with van der Waals surface area (Å²) in [4.78, 5) is 0.104. The van der Waals surface area contributed by atoms with E-state index in [0.29, 0.717) is 0 Å². The first-order valence-electron chi connectivity index (χ1n) is 5.89. The van der Waals surface area contributed by atoms with Gasteiger partial charge in [0.25, 0.3) is 0 Å². The van der Waals surface area contributed by atoms with Crippen LogP contribution >= 0.6 is 22.9 Å². The second-order valence-corrected chi connectivity index (χ2v) is 7.68. The van der Waals surface area contributed by atoms with E-state index in [1.807, 2.05) is 5.38 Å². The zero-order valence-electron chi connectivity index (χ0n) is 11.0. The highest BCUT2D eigenvalue weighted by atomic mass is 35.5. The molecule has 0 aliphatic carbocycles. The second-order valence-electron chi connectivity index (χ2n) is 4.36. The SMILES string of the molecule is CN(Cc1cccs1)S(=O)(=O)c1cc(CCl)cc(F)c1F. The van der Waals surface area contributed by atoms with Crippen molar-refractivity contribution in [3.63, 3.8) is 0 Å². The molecule has 114 valence electrons. The van der Waals surface area contributed by atoms with Gasteiger partial charge in [-0.3, -0.25) is 0 Å². The van der Waals surface area contributed by atoms with Gasteiger partial charge < -0.3 is 0 Å². The fourth-order valence-electron chi connectivity index (χ4n) is 1.76. The highest BCUT2D eigenvalue weighted by Gasteiger charge is 2.27. The van der Waals surface area contributed by atoms with Crippen LogP contribution in [-0.4, -0.2) is 19.8 Å². The Morgan fingerprint density at radius 3 is 2.62 bits per heavy atom. The Labute approximate surface area is 130 Å². The van der Waals surface area contributed by atoms with Crippen LogP contribution in [0.5, 0.6) is 0 Å². The molecule has 0 bridgehead atoms. The summed E-state index contributed by atoms with van der Waals surface area (Å²) in [6.45, 7) is 0.0894. The van der Waals surface area contributed by atoms with Gasteiger partial charge in [-0.15, -0.1) is 22.9 Å². The second kappa shape index (κ2) is 6.39. The fraction of sp³-hybridized carbons (Fsp3) is 0.231. The van der Waals surface area contributed by atoms with Crippen molar-refractivity contribution in [1.82, 2.24) is 4.31 Å². The van der Waals surface area contributed by atoms with E-state index in [9.17, 15) is 17.2 Å². The predicted molar refractivity (Wildman–Crippen MR) is 78.9 cm³/mol. The van der Waals surface area contributed by atoms with Gasteiger partial charge in [-0.2, -0.15) is 4.31 Å². The van der Waals surface area contributed by atoms with Gasteiger partial charge in [0.1, 0.15) is 4.90 Å². The van der Waals surface area contributed by atoms with Crippen molar-refractivity contribution < 1.29 is 17.2 Å². The normalized spacial score (nSPS) is 12.0. The highest BCUT2D eigenvalue weighted by molar-refractivity contribution is 7.89. The van der Waals surface area contributed by atoms with E-state index in [-0.39, 0.29) is 18.0 Å². The molecule has 0 saturated carbocycles. The van der Waals surface area contributed by atoms with Gasteiger partial charge in [-0.1, -0.05) is 6.07 Å². The number of benzene rings is 1. The van der Waals surface area contributed by atoms with Crippen LogP contribution in [0.3, 0.4) is 0 Å². The molecule has 0 amide bonds. The third-order valence-electron chi connectivity index (χ3n) is 2.86. The molecule has 3 nitrogen and oxygen atoms in total. The Hall–Kier alpha value is -1.02. The molecule has 0 spiro atoms. The molecular weight excluding hydrogens is 340 g/mol. The molecule has 0 atom stereocenters. The van der Waals surface area contributed by atoms with Crippen molar-refractivity contribution in [2.75, 3.05) is 7.05 Å². The first-order chi connectivity index (χ1) is 9.86. The summed E-state index contributed by atoms with van der Waals surface area (Å²) < 4.78 is 53.1. The lowest BCUT2D eigenvalue weighted by atomic mass is 10.2. The van der Waals surface area contributed by atoms with Crippen LogP contribution in [-0.2, 0) is 22.4 Å². The Morgan fingerprint density at radius 2 is 2.05 bits per heavy atom. The number of sulfonamides is 1. The summed E-state index contributed by atoms with van der Waals surface area (Å²) in [6.07, 6.45) is 0. The maximum atomic E-state index is 13.8. The molecule has 1 heterocycles. The van der Waals surface area contributed by atoms with Crippen LogP contribution in [0.25, 0.3) is 0 Å². The zero-order valence-corrected chi connectivity index (χ0v) is 13.4. The third kappa shape index (κ3) is 3.42. The molecule has 0 N–H and O–H groups in total. The maximum Gasteiger partial charge on any atom is 0.246 e. The van der Waals surface area contributed by atoms with E-state index in [2.05, 4.69) is 0 Å². The average molecular weight is 352 g/mol. The van der Waals surface area contributed by atoms with Gasteiger partial charge in [0, 0.05) is 24.3 Å². The van der Waals surface area contributed by atoms with Crippen molar-refractivity contribution in [3.05, 3.63) is 51.7 Å². The van der Waals surface area contributed by atoms with Crippen molar-refractivity contribution >= 4 is 33.0 Å². The minimum Gasteiger partial charge on any atom is -0.207 e. The number of nitrogens with zero attached hydrogens (tertiary/aromatic N) is 1. The quantitative estimate of drug-likeness (QED) is 0.772. The Balaban J connectivity index is 2.41. The van der Waals surface area contributed by atoms with Crippen LogP contribution in [0.2, 0.25) is 0 Å². The van der Waals surface area contributed by atoms with E-state index < -0.39 is 26.6 Å². The van der Waals surface area contributed by atoms with E-state index in [1.54, 1.807) is 12.1 Å². The van der Waals surface area contributed by atoms with Crippen molar-refractivity contribution in [2.24, 2.45) is 0 Å². The largest absolute Gasteiger partial charge is 0.246 e. The topological polar surface area (TPSA) is 37.4 Å². The molecular formula is C13H12ClF2NO2S2. The lowest BCUT2D eigenvalue weighted by molar-refractivity contribution is 0.448. The molecule has 0 aliphatic rings. The van der Waals surface area contributed by atoms with Gasteiger partial charge in [-0.05, 0) is 29.1 Å². The number of hydrogen-bond donors (Lipinski definition) is 0. The summed E-state index contributed by atoms with van der Waals surface area (Å²) >= 11 is 6.95. The van der Waals surface area contributed by atoms with Crippen LogP contribution in [0.4, 0.5) is 8.78 Å². The van der Waals surface area contributed by atoms with Crippen LogP contribution < -0.4 is 0 Å². The van der Waals surface area contributed by atoms with E-state index >= 15 is 0 Å². The minimum atomic E-state index is -4.13. The van der Waals surface area contributed by atoms with Crippen molar-refractivity contribution in [1.29, 1.82) is 0 Å². The number of alkyl halides is 1. The molecule has 8 heteroatoms. The van der Waals surface area contributed by atoms with Gasteiger partial charge >= 0.3 is 0 Å². The maximum absolute atomic E-state index is 13.8. The highest BCUT2D eigenvalue weighted by Crippen LogP contribution is 2.25. The molecule has 0 aliphatic heterocycles. The first kappa shape index (κ1) is 16.4. The smallest absolute Gasteiger partial charge is 0.207 e. The summed E-state index contributed by atoms with van der Waals surface area (Å²) in [5, 5.41) is 1.81. The van der Waals surface area contributed by atoms with Gasteiger partial charge in [0.05, 0.1) is 0 Å². The van der Waals surface area contributed by atoms with Gasteiger partial charge in [0.2, 0.25) is 10.0 Å². The summed E-state index contributed by atoms with van der Waals surface area (Å²) in [6, 6.07) is 5.50. The van der Waals surface area contributed by atoms with Crippen molar-refractivity contribution in [3.8, 4) is 0 Å². The number of halogens is 3. The molecule has 1 aromatic carbocycles. The van der Waals surface area contributed by atoms with E-state index in [4.69, 9.17) is 11.6 Å². The van der Waals surface area contributed by atoms with Crippen LogP contribution in [0, 0.1) is 11.6 Å². The summed E-state index contributed by atoms with van der Waals surface area (Å²) in [5.74, 6) is -2.72. The number of thiophene rings is 1. The Kier molecular flexibility index (Phi) is 4.98. The number of rotatable bonds is 5. The van der Waals surface area contributed by atoms with Gasteiger partial charge in [0.15, 0.2) is 11.6 Å². The Bertz CT molecular complexity index is 733. The molecule has 21 heavy (non-hydrogen) atoms. The first-order valence-corrected chi connectivity index (χ1v) is 8.74. The molecule has 0 radical (unpaired) electrons. The third-order valence-corrected chi connectivity index (χ3v) is 5.83.